The van der Waals surface area contributed by atoms with Crippen molar-refractivity contribution in [2.24, 2.45) is 0 Å². The summed E-state index contributed by atoms with van der Waals surface area (Å²) in [7, 11) is -1.93. The fraction of sp³-hybridized carbons (Fsp3) is 0.320. The Bertz CT molecular complexity index is 1130. The van der Waals surface area contributed by atoms with Gasteiger partial charge in [0, 0.05) is 50.8 Å². The highest BCUT2D eigenvalue weighted by atomic mass is 32.2. The van der Waals surface area contributed by atoms with E-state index in [1.807, 2.05) is 49.5 Å². The third kappa shape index (κ3) is 5.71. The number of ether oxygens (including phenoxy) is 1. The number of piperazine rings is 1. The molecule has 0 bridgehead atoms. The Balaban J connectivity index is 1.46. The van der Waals surface area contributed by atoms with Gasteiger partial charge in [-0.05, 0) is 55.0 Å². The van der Waals surface area contributed by atoms with E-state index in [2.05, 4.69) is 31.6 Å². The molecule has 1 atom stereocenters. The molecule has 0 amide bonds. The SMILES string of the molecule is COc1ccc(N2CCN(C(CNS(=O)(=O)c3ccc(C)cc3)c3cccnc3)CC2)cc1. The van der Waals surface area contributed by atoms with Crippen LogP contribution in [0.4, 0.5) is 5.69 Å². The summed E-state index contributed by atoms with van der Waals surface area (Å²) in [4.78, 5) is 9.21. The maximum Gasteiger partial charge on any atom is 0.240 e. The number of aromatic nitrogens is 1. The van der Waals surface area contributed by atoms with Gasteiger partial charge in [0.2, 0.25) is 10.0 Å². The average Bonchev–Trinajstić information content (AvgIpc) is 2.85. The Morgan fingerprint density at radius 2 is 1.70 bits per heavy atom. The van der Waals surface area contributed by atoms with E-state index in [1.165, 1.54) is 0 Å². The van der Waals surface area contributed by atoms with Crippen molar-refractivity contribution in [3.63, 3.8) is 0 Å². The molecule has 0 spiro atoms. The minimum atomic E-state index is -3.60. The van der Waals surface area contributed by atoms with E-state index in [-0.39, 0.29) is 17.5 Å². The first-order valence-electron chi connectivity index (χ1n) is 11.1. The van der Waals surface area contributed by atoms with Gasteiger partial charge in [0.25, 0.3) is 0 Å². The third-order valence-corrected chi connectivity index (χ3v) is 7.50. The average molecular weight is 467 g/mol. The molecule has 3 aromatic rings. The highest BCUT2D eigenvalue weighted by Gasteiger charge is 2.27. The van der Waals surface area contributed by atoms with Crippen LogP contribution in [0.5, 0.6) is 5.75 Å². The number of nitrogens with zero attached hydrogens (tertiary/aromatic N) is 3. The summed E-state index contributed by atoms with van der Waals surface area (Å²) in [5.74, 6) is 0.842. The smallest absolute Gasteiger partial charge is 0.240 e. The molecule has 2 aromatic carbocycles. The van der Waals surface area contributed by atoms with Crippen LogP contribution >= 0.6 is 0 Å². The van der Waals surface area contributed by atoms with Crippen molar-refractivity contribution >= 4 is 15.7 Å². The van der Waals surface area contributed by atoms with Gasteiger partial charge in [-0.25, -0.2) is 13.1 Å². The van der Waals surface area contributed by atoms with Gasteiger partial charge in [-0.1, -0.05) is 23.8 Å². The zero-order chi connectivity index (χ0) is 23.3. The van der Waals surface area contributed by atoms with Crippen molar-refractivity contribution in [3.05, 3.63) is 84.2 Å². The fourth-order valence-electron chi connectivity index (χ4n) is 4.11. The highest BCUT2D eigenvalue weighted by molar-refractivity contribution is 7.89. The molecule has 174 valence electrons. The Kier molecular flexibility index (Phi) is 7.27. The molecule has 1 aliphatic rings. The van der Waals surface area contributed by atoms with Crippen molar-refractivity contribution in [1.82, 2.24) is 14.6 Å². The molecule has 0 saturated carbocycles. The van der Waals surface area contributed by atoms with Crippen LogP contribution in [0, 0.1) is 6.92 Å². The van der Waals surface area contributed by atoms with Crippen LogP contribution in [0.2, 0.25) is 0 Å². The molecule has 1 N–H and O–H groups in total. The number of sulfonamides is 1. The van der Waals surface area contributed by atoms with E-state index in [1.54, 1.807) is 25.4 Å². The lowest BCUT2D eigenvalue weighted by Crippen LogP contribution is -2.49. The second kappa shape index (κ2) is 10.3. The Morgan fingerprint density at radius 3 is 2.30 bits per heavy atom. The van der Waals surface area contributed by atoms with Crippen LogP contribution in [0.3, 0.4) is 0 Å². The van der Waals surface area contributed by atoms with Crippen molar-refractivity contribution in [2.75, 3.05) is 44.7 Å². The minimum absolute atomic E-state index is 0.100. The molecule has 4 rings (SSSR count). The third-order valence-electron chi connectivity index (χ3n) is 6.06. The lowest BCUT2D eigenvalue weighted by molar-refractivity contribution is 0.186. The zero-order valence-corrected chi connectivity index (χ0v) is 19.8. The second-order valence-electron chi connectivity index (χ2n) is 8.19. The summed E-state index contributed by atoms with van der Waals surface area (Å²) in [5.41, 5.74) is 3.19. The number of anilines is 1. The van der Waals surface area contributed by atoms with Gasteiger partial charge in [-0.15, -0.1) is 0 Å². The molecule has 1 unspecified atom stereocenters. The second-order valence-corrected chi connectivity index (χ2v) is 9.96. The van der Waals surface area contributed by atoms with Crippen molar-refractivity contribution in [3.8, 4) is 5.75 Å². The van der Waals surface area contributed by atoms with Crippen molar-refractivity contribution in [2.45, 2.75) is 17.9 Å². The Morgan fingerprint density at radius 1 is 1.00 bits per heavy atom. The van der Waals surface area contributed by atoms with Gasteiger partial charge in [-0.3, -0.25) is 9.88 Å². The quantitative estimate of drug-likeness (QED) is 0.549. The van der Waals surface area contributed by atoms with Crippen LogP contribution in [-0.2, 0) is 10.0 Å². The van der Waals surface area contributed by atoms with Gasteiger partial charge in [0.05, 0.1) is 18.0 Å². The standard InChI is InChI=1S/C25H30N4O3S/c1-20-5-11-24(12-6-20)33(30,31)27-19-25(21-4-3-13-26-18-21)29-16-14-28(15-17-29)22-7-9-23(32-2)10-8-22/h3-13,18,25,27H,14-17,19H2,1-2H3. The maximum atomic E-state index is 12.9. The lowest BCUT2D eigenvalue weighted by atomic mass is 10.1. The van der Waals surface area contributed by atoms with E-state index >= 15 is 0 Å². The van der Waals surface area contributed by atoms with Gasteiger partial charge >= 0.3 is 0 Å². The normalized spacial score (nSPS) is 15.9. The van der Waals surface area contributed by atoms with E-state index < -0.39 is 10.0 Å². The summed E-state index contributed by atoms with van der Waals surface area (Å²) in [6.45, 7) is 5.57. The first-order valence-corrected chi connectivity index (χ1v) is 12.5. The summed E-state index contributed by atoms with van der Waals surface area (Å²) >= 11 is 0. The predicted molar refractivity (Wildman–Crippen MR) is 130 cm³/mol. The number of nitrogens with one attached hydrogen (secondary N) is 1. The van der Waals surface area contributed by atoms with Gasteiger partial charge in [0.1, 0.15) is 5.75 Å². The van der Waals surface area contributed by atoms with E-state index in [9.17, 15) is 8.42 Å². The van der Waals surface area contributed by atoms with Crippen LogP contribution in [-0.4, -0.2) is 58.1 Å². The summed E-state index contributed by atoms with van der Waals surface area (Å²) in [6.07, 6.45) is 3.55. The Hall–Kier alpha value is -2.94. The van der Waals surface area contributed by atoms with Crippen LogP contribution in [0.25, 0.3) is 0 Å². The number of hydrogen-bond donors (Lipinski definition) is 1. The molecule has 0 aliphatic carbocycles. The van der Waals surface area contributed by atoms with Crippen LogP contribution < -0.4 is 14.4 Å². The molecular weight excluding hydrogens is 436 g/mol. The molecule has 33 heavy (non-hydrogen) atoms. The molecule has 0 radical (unpaired) electrons. The van der Waals surface area contributed by atoms with Gasteiger partial charge in [-0.2, -0.15) is 0 Å². The van der Waals surface area contributed by atoms with Crippen molar-refractivity contribution < 1.29 is 13.2 Å². The predicted octanol–water partition coefficient (Wildman–Crippen LogP) is 3.24. The molecule has 8 heteroatoms. The number of hydrogen-bond acceptors (Lipinski definition) is 6. The Labute approximate surface area is 196 Å². The maximum absolute atomic E-state index is 12.9. The first kappa shape index (κ1) is 23.2. The largest absolute Gasteiger partial charge is 0.497 e. The first-order chi connectivity index (χ1) is 16.0. The molecule has 7 nitrogen and oxygen atoms in total. The molecule has 1 aliphatic heterocycles. The number of methoxy groups -OCH3 is 1. The van der Waals surface area contributed by atoms with E-state index in [0.717, 1.165) is 48.7 Å². The zero-order valence-electron chi connectivity index (χ0n) is 19.0. The number of pyridine rings is 1. The van der Waals surface area contributed by atoms with Gasteiger partial charge < -0.3 is 9.64 Å². The monoisotopic (exact) mass is 466 g/mol. The van der Waals surface area contributed by atoms with Crippen LogP contribution in [0.1, 0.15) is 17.2 Å². The lowest BCUT2D eigenvalue weighted by Gasteiger charge is -2.40. The molecule has 2 heterocycles. The summed E-state index contributed by atoms with van der Waals surface area (Å²) < 4.78 is 33.9. The van der Waals surface area contributed by atoms with Crippen LogP contribution in [0.15, 0.2) is 78.0 Å². The topological polar surface area (TPSA) is 74.8 Å². The number of aryl methyl sites for hydroxylation is 1. The molecule has 1 aromatic heterocycles. The number of benzene rings is 2. The van der Waals surface area contributed by atoms with E-state index in [0.29, 0.717) is 0 Å². The van der Waals surface area contributed by atoms with E-state index in [4.69, 9.17) is 4.74 Å². The summed E-state index contributed by atoms with van der Waals surface area (Å²) in [6, 6.07) is 18.8. The van der Waals surface area contributed by atoms with Gasteiger partial charge in [0.15, 0.2) is 0 Å². The molecule has 1 saturated heterocycles. The molecule has 1 fully saturated rings. The van der Waals surface area contributed by atoms with Crippen molar-refractivity contribution in [1.29, 1.82) is 0 Å². The minimum Gasteiger partial charge on any atom is -0.497 e. The highest BCUT2D eigenvalue weighted by Crippen LogP contribution is 2.25. The fourth-order valence-corrected chi connectivity index (χ4v) is 5.14. The number of rotatable bonds is 8. The molecular formula is C25H30N4O3S. The summed E-state index contributed by atoms with van der Waals surface area (Å²) in [5, 5.41) is 0.